The average molecular weight is 276 g/mol. The Balaban J connectivity index is 1.83. The molecule has 4 heteroatoms. The molecule has 0 atom stereocenters. The van der Waals surface area contributed by atoms with Gasteiger partial charge in [-0.05, 0) is 30.4 Å². The van der Waals surface area contributed by atoms with Crippen molar-refractivity contribution in [3.63, 3.8) is 0 Å². The van der Waals surface area contributed by atoms with Crippen LogP contribution in [0.4, 0.5) is 5.69 Å². The van der Waals surface area contributed by atoms with Crippen molar-refractivity contribution in [3.8, 4) is 5.75 Å². The summed E-state index contributed by atoms with van der Waals surface area (Å²) >= 11 is 0. The van der Waals surface area contributed by atoms with Crippen LogP contribution in [0.3, 0.4) is 0 Å². The molecule has 0 spiro atoms. The van der Waals surface area contributed by atoms with E-state index in [0.717, 1.165) is 25.9 Å². The van der Waals surface area contributed by atoms with Crippen LogP contribution in [-0.2, 0) is 4.79 Å². The highest BCUT2D eigenvalue weighted by atomic mass is 16.5. The first-order valence-corrected chi connectivity index (χ1v) is 7.29. The molecule has 1 fully saturated rings. The highest BCUT2D eigenvalue weighted by molar-refractivity contribution is 5.78. The number of likely N-dealkylation sites (tertiary alicyclic amines) is 1. The summed E-state index contributed by atoms with van der Waals surface area (Å²) in [4.78, 5) is 14.0. The van der Waals surface area contributed by atoms with Crippen LogP contribution in [0.15, 0.2) is 24.3 Å². The molecule has 1 amide bonds. The second-order valence-corrected chi connectivity index (χ2v) is 5.87. The van der Waals surface area contributed by atoms with Gasteiger partial charge in [-0.3, -0.25) is 4.79 Å². The van der Waals surface area contributed by atoms with Crippen LogP contribution in [0.5, 0.6) is 5.75 Å². The number of hydrogen-bond donors (Lipinski definition) is 1. The number of piperidine rings is 1. The van der Waals surface area contributed by atoms with Gasteiger partial charge < -0.3 is 15.4 Å². The Kier molecular flexibility index (Phi) is 4.53. The van der Waals surface area contributed by atoms with Gasteiger partial charge >= 0.3 is 0 Å². The van der Waals surface area contributed by atoms with Gasteiger partial charge in [-0.2, -0.15) is 0 Å². The SMILES string of the molecule is CCC1(C)CCN(C(=O)COc2ccccc2N)CC1. The Morgan fingerprint density at radius 1 is 1.35 bits per heavy atom. The summed E-state index contributed by atoms with van der Waals surface area (Å²) in [6.45, 7) is 6.25. The smallest absolute Gasteiger partial charge is 0.260 e. The van der Waals surface area contributed by atoms with Gasteiger partial charge in [0.2, 0.25) is 0 Å². The van der Waals surface area contributed by atoms with E-state index in [2.05, 4.69) is 13.8 Å². The number of nitrogens with two attached hydrogens (primary N) is 1. The van der Waals surface area contributed by atoms with Crippen molar-refractivity contribution in [1.82, 2.24) is 4.90 Å². The summed E-state index contributed by atoms with van der Waals surface area (Å²) in [5.74, 6) is 0.627. The number of ether oxygens (including phenoxy) is 1. The summed E-state index contributed by atoms with van der Waals surface area (Å²) in [6, 6.07) is 7.25. The Labute approximate surface area is 120 Å². The van der Waals surface area contributed by atoms with E-state index < -0.39 is 0 Å². The van der Waals surface area contributed by atoms with Crippen molar-refractivity contribution < 1.29 is 9.53 Å². The minimum Gasteiger partial charge on any atom is -0.482 e. The van der Waals surface area contributed by atoms with E-state index in [-0.39, 0.29) is 12.5 Å². The molecule has 0 aromatic heterocycles. The minimum atomic E-state index is 0.0476. The molecule has 110 valence electrons. The lowest BCUT2D eigenvalue weighted by Gasteiger charge is -2.38. The topological polar surface area (TPSA) is 55.6 Å². The highest BCUT2D eigenvalue weighted by Crippen LogP contribution is 2.33. The van der Waals surface area contributed by atoms with Crippen LogP contribution in [0.25, 0.3) is 0 Å². The second-order valence-electron chi connectivity index (χ2n) is 5.87. The number of anilines is 1. The van der Waals surface area contributed by atoms with E-state index in [0.29, 0.717) is 16.9 Å². The lowest BCUT2D eigenvalue weighted by atomic mass is 9.78. The molecular weight excluding hydrogens is 252 g/mol. The molecule has 1 saturated heterocycles. The van der Waals surface area contributed by atoms with Gasteiger partial charge in [-0.15, -0.1) is 0 Å². The van der Waals surface area contributed by atoms with Gasteiger partial charge in [0.1, 0.15) is 5.75 Å². The number of amides is 1. The van der Waals surface area contributed by atoms with E-state index in [1.165, 1.54) is 6.42 Å². The molecular formula is C16H24N2O2. The maximum Gasteiger partial charge on any atom is 0.260 e. The Morgan fingerprint density at radius 3 is 2.60 bits per heavy atom. The van der Waals surface area contributed by atoms with E-state index in [1.54, 1.807) is 12.1 Å². The van der Waals surface area contributed by atoms with Gasteiger partial charge in [0.25, 0.3) is 5.91 Å². The van der Waals surface area contributed by atoms with Crippen molar-refractivity contribution >= 4 is 11.6 Å². The van der Waals surface area contributed by atoms with Gasteiger partial charge in [0.05, 0.1) is 5.69 Å². The van der Waals surface area contributed by atoms with Crippen molar-refractivity contribution in [2.45, 2.75) is 33.1 Å². The zero-order valence-corrected chi connectivity index (χ0v) is 12.4. The predicted molar refractivity (Wildman–Crippen MR) is 80.6 cm³/mol. The summed E-state index contributed by atoms with van der Waals surface area (Å²) in [5.41, 5.74) is 6.75. The van der Waals surface area contributed by atoms with Crippen LogP contribution in [0.1, 0.15) is 33.1 Å². The molecule has 20 heavy (non-hydrogen) atoms. The normalized spacial score (nSPS) is 17.8. The second kappa shape index (κ2) is 6.16. The number of carbonyl (C=O) groups is 1. The Hall–Kier alpha value is -1.71. The zero-order valence-electron chi connectivity index (χ0n) is 12.4. The van der Waals surface area contributed by atoms with Crippen LogP contribution in [0.2, 0.25) is 0 Å². The molecule has 0 saturated carbocycles. The molecule has 1 aromatic rings. The summed E-state index contributed by atoms with van der Waals surface area (Å²) < 4.78 is 5.51. The average Bonchev–Trinajstić information content (AvgIpc) is 2.47. The van der Waals surface area contributed by atoms with Crippen LogP contribution >= 0.6 is 0 Å². The van der Waals surface area contributed by atoms with E-state index in [1.807, 2.05) is 17.0 Å². The maximum absolute atomic E-state index is 12.1. The fourth-order valence-corrected chi connectivity index (χ4v) is 2.49. The highest BCUT2D eigenvalue weighted by Gasteiger charge is 2.30. The first-order chi connectivity index (χ1) is 9.54. The third kappa shape index (κ3) is 3.44. The number of rotatable bonds is 4. The molecule has 0 aliphatic carbocycles. The predicted octanol–water partition coefficient (Wildman–Crippen LogP) is 2.69. The lowest BCUT2D eigenvalue weighted by molar-refractivity contribution is -0.135. The third-order valence-corrected chi connectivity index (χ3v) is 4.45. The number of para-hydroxylation sites is 2. The fourth-order valence-electron chi connectivity index (χ4n) is 2.49. The monoisotopic (exact) mass is 276 g/mol. The van der Waals surface area contributed by atoms with Crippen molar-refractivity contribution in [2.24, 2.45) is 5.41 Å². The number of nitrogens with zero attached hydrogens (tertiary/aromatic N) is 1. The molecule has 1 aliphatic rings. The summed E-state index contributed by atoms with van der Waals surface area (Å²) in [7, 11) is 0. The minimum absolute atomic E-state index is 0.0476. The van der Waals surface area contributed by atoms with Crippen LogP contribution < -0.4 is 10.5 Å². The zero-order chi connectivity index (χ0) is 14.6. The molecule has 4 nitrogen and oxygen atoms in total. The van der Waals surface area contributed by atoms with Gasteiger partial charge in [0, 0.05) is 13.1 Å². The van der Waals surface area contributed by atoms with E-state index in [9.17, 15) is 4.79 Å². The van der Waals surface area contributed by atoms with Crippen molar-refractivity contribution in [3.05, 3.63) is 24.3 Å². The lowest BCUT2D eigenvalue weighted by Crippen LogP contribution is -2.43. The number of benzene rings is 1. The fraction of sp³-hybridized carbons (Fsp3) is 0.562. The quantitative estimate of drug-likeness (QED) is 0.860. The third-order valence-electron chi connectivity index (χ3n) is 4.45. The molecule has 0 bridgehead atoms. The van der Waals surface area contributed by atoms with Gasteiger partial charge in [0.15, 0.2) is 6.61 Å². The molecule has 0 radical (unpaired) electrons. The largest absolute Gasteiger partial charge is 0.482 e. The van der Waals surface area contributed by atoms with E-state index in [4.69, 9.17) is 10.5 Å². The number of hydrogen-bond acceptors (Lipinski definition) is 3. The molecule has 1 aliphatic heterocycles. The number of carbonyl (C=O) groups excluding carboxylic acids is 1. The molecule has 1 aromatic carbocycles. The summed E-state index contributed by atoms with van der Waals surface area (Å²) in [6.07, 6.45) is 3.32. The van der Waals surface area contributed by atoms with Crippen molar-refractivity contribution in [2.75, 3.05) is 25.4 Å². The molecule has 2 rings (SSSR count). The van der Waals surface area contributed by atoms with Crippen LogP contribution in [-0.4, -0.2) is 30.5 Å². The first kappa shape index (κ1) is 14.7. The Morgan fingerprint density at radius 2 is 2.00 bits per heavy atom. The van der Waals surface area contributed by atoms with Gasteiger partial charge in [-0.1, -0.05) is 32.4 Å². The first-order valence-electron chi connectivity index (χ1n) is 7.29. The number of nitrogen functional groups attached to an aromatic ring is 1. The molecule has 1 heterocycles. The van der Waals surface area contributed by atoms with Gasteiger partial charge in [-0.25, -0.2) is 0 Å². The Bertz CT molecular complexity index is 465. The standard InChI is InChI=1S/C16H24N2O2/c1-3-16(2)8-10-18(11-9-16)15(19)12-20-14-7-5-4-6-13(14)17/h4-7H,3,8-12,17H2,1-2H3. The molecule has 2 N–H and O–H groups in total. The van der Waals surface area contributed by atoms with Crippen LogP contribution in [0, 0.1) is 5.41 Å². The van der Waals surface area contributed by atoms with E-state index >= 15 is 0 Å². The maximum atomic E-state index is 12.1. The molecule has 0 unspecified atom stereocenters. The van der Waals surface area contributed by atoms with Crippen molar-refractivity contribution in [1.29, 1.82) is 0 Å². The summed E-state index contributed by atoms with van der Waals surface area (Å²) in [5, 5.41) is 0.